The van der Waals surface area contributed by atoms with E-state index in [1.54, 1.807) is 13.2 Å². The van der Waals surface area contributed by atoms with Gasteiger partial charge in [0.1, 0.15) is 18.1 Å². The van der Waals surface area contributed by atoms with E-state index in [4.69, 9.17) is 9.84 Å². The first-order valence-electron chi connectivity index (χ1n) is 7.76. The number of carboxylic acid groups (broad SMARTS) is 1. The van der Waals surface area contributed by atoms with E-state index in [-0.39, 0.29) is 24.7 Å². The molecular formula is C19H20FNO4. The molecule has 0 aliphatic rings. The largest absolute Gasteiger partial charge is 0.496 e. The first-order chi connectivity index (χ1) is 11.9. The second-order valence-electron chi connectivity index (χ2n) is 5.75. The van der Waals surface area contributed by atoms with Crippen molar-refractivity contribution >= 4 is 11.9 Å². The lowest BCUT2D eigenvalue weighted by atomic mass is 10.1. The second-order valence-corrected chi connectivity index (χ2v) is 5.75. The number of carbonyl (C=O) groups is 2. The highest BCUT2D eigenvalue weighted by atomic mass is 19.1. The zero-order chi connectivity index (χ0) is 18.4. The minimum absolute atomic E-state index is 0.0606. The summed E-state index contributed by atoms with van der Waals surface area (Å²) in [7, 11) is 1.55. The molecule has 2 aromatic carbocycles. The maximum absolute atomic E-state index is 13.0. The molecule has 0 aromatic heterocycles. The predicted octanol–water partition coefficient (Wildman–Crippen LogP) is 2.80. The van der Waals surface area contributed by atoms with Crippen molar-refractivity contribution in [3.63, 3.8) is 0 Å². The summed E-state index contributed by atoms with van der Waals surface area (Å²) in [6, 6.07) is 11.1. The van der Waals surface area contributed by atoms with Crippen molar-refractivity contribution in [2.75, 3.05) is 13.7 Å². The molecule has 1 amide bonds. The molecule has 6 heteroatoms. The third-order valence-corrected chi connectivity index (χ3v) is 3.79. The summed E-state index contributed by atoms with van der Waals surface area (Å²) in [6.07, 6.45) is 0.0606. The number of aryl methyl sites for hydroxylation is 1. The number of aliphatic carboxylic acids is 1. The minimum Gasteiger partial charge on any atom is -0.496 e. The lowest BCUT2D eigenvalue weighted by Gasteiger charge is -2.21. The Labute approximate surface area is 145 Å². The summed E-state index contributed by atoms with van der Waals surface area (Å²) < 4.78 is 18.2. The fraction of sp³-hybridized carbons (Fsp3) is 0.263. The number of carboxylic acids is 1. The van der Waals surface area contributed by atoms with E-state index in [1.807, 2.05) is 19.1 Å². The molecule has 2 aromatic rings. The number of ether oxygens (including phenoxy) is 1. The van der Waals surface area contributed by atoms with Gasteiger partial charge in [-0.1, -0.05) is 24.3 Å². The normalized spacial score (nSPS) is 10.4. The minimum atomic E-state index is -1.10. The molecule has 0 spiro atoms. The van der Waals surface area contributed by atoms with Gasteiger partial charge in [-0.05, 0) is 41.8 Å². The fourth-order valence-corrected chi connectivity index (χ4v) is 2.47. The molecule has 0 saturated heterocycles. The highest BCUT2D eigenvalue weighted by Gasteiger charge is 2.18. The summed E-state index contributed by atoms with van der Waals surface area (Å²) >= 11 is 0. The molecule has 1 N–H and O–H groups in total. The van der Waals surface area contributed by atoms with E-state index in [0.29, 0.717) is 11.3 Å². The quantitative estimate of drug-likeness (QED) is 0.838. The number of hydrogen-bond donors (Lipinski definition) is 1. The molecule has 0 radical (unpaired) electrons. The first-order valence-corrected chi connectivity index (χ1v) is 7.76. The van der Waals surface area contributed by atoms with E-state index < -0.39 is 12.5 Å². The molecule has 5 nitrogen and oxygen atoms in total. The third kappa shape index (κ3) is 5.31. The van der Waals surface area contributed by atoms with Crippen LogP contribution in [0.4, 0.5) is 4.39 Å². The average Bonchev–Trinajstić information content (AvgIpc) is 2.57. The molecule has 0 heterocycles. The molecule has 2 rings (SSSR count). The van der Waals surface area contributed by atoms with Crippen LogP contribution in [0, 0.1) is 12.7 Å². The Bertz CT molecular complexity index is 759. The molecule has 0 bridgehead atoms. The van der Waals surface area contributed by atoms with Gasteiger partial charge >= 0.3 is 5.97 Å². The van der Waals surface area contributed by atoms with Crippen molar-refractivity contribution in [1.29, 1.82) is 0 Å². The standard InChI is InChI=1S/C19H20FNO4/c1-13-3-4-15(9-17(13)25-2)10-18(22)21(12-19(23)24)11-14-5-7-16(20)8-6-14/h3-9H,10-12H2,1-2H3,(H,23,24). The van der Waals surface area contributed by atoms with Crippen LogP contribution in [0.5, 0.6) is 5.75 Å². The molecule has 132 valence electrons. The number of methoxy groups -OCH3 is 1. The Morgan fingerprint density at radius 2 is 1.76 bits per heavy atom. The molecule has 0 atom stereocenters. The van der Waals surface area contributed by atoms with Crippen LogP contribution < -0.4 is 4.74 Å². The zero-order valence-electron chi connectivity index (χ0n) is 14.2. The molecule has 0 fully saturated rings. The maximum atomic E-state index is 13.0. The Kier molecular flexibility index (Phi) is 6.11. The second kappa shape index (κ2) is 8.28. The number of hydrogen-bond acceptors (Lipinski definition) is 3. The number of benzene rings is 2. The maximum Gasteiger partial charge on any atom is 0.323 e. The van der Waals surface area contributed by atoms with Gasteiger partial charge < -0.3 is 14.7 Å². The highest BCUT2D eigenvalue weighted by molar-refractivity contribution is 5.83. The number of nitrogens with zero attached hydrogens (tertiary/aromatic N) is 1. The van der Waals surface area contributed by atoms with E-state index in [9.17, 15) is 14.0 Å². The van der Waals surface area contributed by atoms with Crippen LogP contribution in [0.2, 0.25) is 0 Å². The summed E-state index contributed by atoms with van der Waals surface area (Å²) in [5.74, 6) is -1.13. The summed E-state index contributed by atoms with van der Waals surface area (Å²) in [5, 5.41) is 9.07. The molecular weight excluding hydrogens is 325 g/mol. The van der Waals surface area contributed by atoms with Gasteiger partial charge in [0.2, 0.25) is 5.91 Å². The van der Waals surface area contributed by atoms with Crippen molar-refractivity contribution < 1.29 is 23.8 Å². The topological polar surface area (TPSA) is 66.8 Å². The molecule has 25 heavy (non-hydrogen) atoms. The predicted molar refractivity (Wildman–Crippen MR) is 90.9 cm³/mol. The van der Waals surface area contributed by atoms with Gasteiger partial charge in [-0.15, -0.1) is 0 Å². The Morgan fingerprint density at radius 3 is 2.36 bits per heavy atom. The first kappa shape index (κ1) is 18.4. The molecule has 0 unspecified atom stereocenters. The van der Waals surface area contributed by atoms with E-state index in [2.05, 4.69) is 0 Å². The smallest absolute Gasteiger partial charge is 0.323 e. The third-order valence-electron chi connectivity index (χ3n) is 3.79. The van der Waals surface area contributed by atoms with Gasteiger partial charge in [-0.25, -0.2) is 4.39 Å². The zero-order valence-corrected chi connectivity index (χ0v) is 14.2. The SMILES string of the molecule is COc1cc(CC(=O)N(CC(=O)O)Cc2ccc(F)cc2)ccc1C. The monoisotopic (exact) mass is 345 g/mol. The van der Waals surface area contributed by atoms with Crippen molar-refractivity contribution in [1.82, 2.24) is 4.90 Å². The Balaban J connectivity index is 2.14. The van der Waals surface area contributed by atoms with Crippen LogP contribution >= 0.6 is 0 Å². The lowest BCUT2D eigenvalue weighted by Crippen LogP contribution is -2.36. The number of rotatable bonds is 7. The van der Waals surface area contributed by atoms with E-state index in [1.165, 1.54) is 29.2 Å². The molecule has 0 saturated carbocycles. The summed E-state index contributed by atoms with van der Waals surface area (Å²) in [5.41, 5.74) is 2.35. The Morgan fingerprint density at radius 1 is 1.12 bits per heavy atom. The lowest BCUT2D eigenvalue weighted by molar-refractivity contribution is -0.144. The van der Waals surface area contributed by atoms with Gasteiger partial charge in [0.15, 0.2) is 0 Å². The van der Waals surface area contributed by atoms with Crippen molar-refractivity contribution in [3.05, 3.63) is 65.0 Å². The van der Waals surface area contributed by atoms with Crippen LogP contribution in [0.15, 0.2) is 42.5 Å². The van der Waals surface area contributed by atoms with Gasteiger partial charge in [0, 0.05) is 6.54 Å². The van der Waals surface area contributed by atoms with Crippen molar-refractivity contribution in [2.45, 2.75) is 19.9 Å². The van der Waals surface area contributed by atoms with Crippen molar-refractivity contribution in [3.8, 4) is 5.75 Å². The number of amides is 1. The summed E-state index contributed by atoms with van der Waals surface area (Å²) in [4.78, 5) is 24.9. The van der Waals surface area contributed by atoms with Crippen LogP contribution in [0.3, 0.4) is 0 Å². The van der Waals surface area contributed by atoms with Gasteiger partial charge in [0.05, 0.1) is 13.5 Å². The van der Waals surface area contributed by atoms with Crippen LogP contribution in [0.1, 0.15) is 16.7 Å². The van der Waals surface area contributed by atoms with Crippen LogP contribution in [-0.2, 0) is 22.6 Å². The Hall–Kier alpha value is -2.89. The molecule has 0 aliphatic carbocycles. The van der Waals surface area contributed by atoms with Gasteiger partial charge in [-0.3, -0.25) is 9.59 Å². The average molecular weight is 345 g/mol. The van der Waals surface area contributed by atoms with Gasteiger partial charge in [0.25, 0.3) is 0 Å². The molecule has 0 aliphatic heterocycles. The van der Waals surface area contributed by atoms with E-state index in [0.717, 1.165) is 11.1 Å². The van der Waals surface area contributed by atoms with Crippen molar-refractivity contribution in [2.24, 2.45) is 0 Å². The number of halogens is 1. The fourth-order valence-electron chi connectivity index (χ4n) is 2.47. The van der Waals surface area contributed by atoms with E-state index >= 15 is 0 Å². The van der Waals surface area contributed by atoms with Crippen LogP contribution in [0.25, 0.3) is 0 Å². The number of carbonyl (C=O) groups excluding carboxylic acids is 1. The highest BCUT2D eigenvalue weighted by Crippen LogP contribution is 2.20. The summed E-state index contributed by atoms with van der Waals surface area (Å²) in [6.45, 7) is 1.59. The van der Waals surface area contributed by atoms with Gasteiger partial charge in [-0.2, -0.15) is 0 Å². The van der Waals surface area contributed by atoms with Crippen LogP contribution in [-0.4, -0.2) is 35.5 Å².